The number of nitrogens with zero attached hydrogens (tertiary/aromatic N) is 3. The summed E-state index contributed by atoms with van der Waals surface area (Å²) in [5.74, 6) is -0.454. The molecule has 6 nitrogen and oxygen atoms in total. The molecule has 34 heavy (non-hydrogen) atoms. The van der Waals surface area contributed by atoms with E-state index in [9.17, 15) is 14.4 Å². The second-order valence-electron chi connectivity index (χ2n) is 9.53. The normalized spacial score (nSPS) is 18.8. The van der Waals surface area contributed by atoms with Gasteiger partial charge in [0, 0.05) is 32.9 Å². The van der Waals surface area contributed by atoms with Crippen molar-refractivity contribution in [1.82, 2.24) is 14.9 Å². The molecule has 2 aliphatic heterocycles. The summed E-state index contributed by atoms with van der Waals surface area (Å²) >= 11 is 0. The Morgan fingerprint density at radius 3 is 2.65 bits per heavy atom. The van der Waals surface area contributed by atoms with Crippen LogP contribution in [0.25, 0.3) is 5.57 Å². The summed E-state index contributed by atoms with van der Waals surface area (Å²) in [6, 6.07) is 6.68. The Balaban J connectivity index is 1.67. The Morgan fingerprint density at radius 2 is 1.97 bits per heavy atom. The average molecular weight is 468 g/mol. The van der Waals surface area contributed by atoms with E-state index in [0.717, 1.165) is 66.2 Å². The SMILES string of the molecule is COC1CCN(C/C(=C/C(C)Cc2ccc(F)cc2)c2c(C)cnc3c2CCN(O)C3=O)CC1. The van der Waals surface area contributed by atoms with Gasteiger partial charge in [-0.25, -0.2) is 9.45 Å². The molecule has 182 valence electrons. The molecular weight excluding hydrogens is 433 g/mol. The second-order valence-corrected chi connectivity index (χ2v) is 9.53. The van der Waals surface area contributed by atoms with Crippen LogP contribution in [0.1, 0.15) is 52.5 Å². The highest BCUT2D eigenvalue weighted by Crippen LogP contribution is 2.31. The fourth-order valence-corrected chi connectivity index (χ4v) is 5.13. The number of aryl methyl sites for hydroxylation is 1. The number of hydroxylamine groups is 2. The predicted molar refractivity (Wildman–Crippen MR) is 129 cm³/mol. The molecule has 2 aromatic rings. The number of amides is 1. The highest BCUT2D eigenvalue weighted by Gasteiger charge is 2.29. The number of hydrogen-bond acceptors (Lipinski definition) is 5. The minimum atomic E-state index is -0.442. The number of carbonyl (C=O) groups excluding carboxylic acids is 1. The number of piperidine rings is 1. The van der Waals surface area contributed by atoms with Crippen molar-refractivity contribution in [3.8, 4) is 0 Å². The lowest BCUT2D eigenvalue weighted by atomic mass is 9.88. The molecule has 1 aromatic carbocycles. The maximum absolute atomic E-state index is 13.4. The maximum Gasteiger partial charge on any atom is 0.296 e. The standard InChI is InChI=1S/C27H34FN3O3/c1-18(14-20-4-6-22(28)7-5-20)15-21(17-30-11-8-23(34-3)9-12-30)25-19(2)16-29-26-24(25)10-13-31(33)27(26)32/h4-7,15-16,18,23,33H,8-14,17H2,1-3H3/b21-15-. The molecule has 2 aliphatic rings. The summed E-state index contributed by atoms with van der Waals surface area (Å²) in [5, 5.41) is 10.7. The number of benzene rings is 1. The number of fused-ring (bicyclic) bond motifs is 1. The molecule has 0 radical (unpaired) electrons. The molecule has 4 rings (SSSR count). The molecule has 1 unspecified atom stereocenters. The van der Waals surface area contributed by atoms with Crippen LogP contribution in [0, 0.1) is 18.7 Å². The van der Waals surface area contributed by atoms with Crippen LogP contribution in [0.5, 0.6) is 0 Å². The molecule has 1 N–H and O–H groups in total. The first kappa shape index (κ1) is 24.5. The van der Waals surface area contributed by atoms with Crippen LogP contribution < -0.4 is 0 Å². The van der Waals surface area contributed by atoms with Gasteiger partial charge in [-0.2, -0.15) is 0 Å². The topological polar surface area (TPSA) is 65.9 Å². The van der Waals surface area contributed by atoms with Gasteiger partial charge in [0.1, 0.15) is 11.5 Å². The molecule has 1 fully saturated rings. The van der Waals surface area contributed by atoms with Crippen LogP contribution >= 0.6 is 0 Å². The molecule has 3 heterocycles. The summed E-state index contributed by atoms with van der Waals surface area (Å²) in [5.41, 5.74) is 5.63. The molecule has 0 spiro atoms. The van der Waals surface area contributed by atoms with Crippen molar-refractivity contribution in [1.29, 1.82) is 0 Å². The molecule has 1 atom stereocenters. The van der Waals surface area contributed by atoms with E-state index in [0.29, 0.717) is 18.2 Å². The second kappa shape index (κ2) is 10.8. The van der Waals surface area contributed by atoms with Gasteiger partial charge in [0.15, 0.2) is 0 Å². The van der Waals surface area contributed by atoms with E-state index in [2.05, 4.69) is 22.9 Å². The van der Waals surface area contributed by atoms with Gasteiger partial charge in [0.2, 0.25) is 0 Å². The first-order valence-electron chi connectivity index (χ1n) is 12.1. The smallest absolute Gasteiger partial charge is 0.296 e. The van der Waals surface area contributed by atoms with E-state index in [1.165, 1.54) is 17.7 Å². The van der Waals surface area contributed by atoms with Gasteiger partial charge in [-0.05, 0) is 78.5 Å². The number of hydrogen-bond donors (Lipinski definition) is 1. The maximum atomic E-state index is 13.4. The van der Waals surface area contributed by atoms with Crippen molar-refractivity contribution in [2.75, 3.05) is 33.3 Å². The third kappa shape index (κ3) is 5.54. The lowest BCUT2D eigenvalue weighted by Crippen LogP contribution is -2.38. The fourth-order valence-electron chi connectivity index (χ4n) is 5.13. The molecule has 1 saturated heterocycles. The van der Waals surface area contributed by atoms with Gasteiger partial charge in [-0.15, -0.1) is 0 Å². The number of carbonyl (C=O) groups is 1. The Morgan fingerprint density at radius 1 is 1.26 bits per heavy atom. The fraction of sp³-hybridized carbons (Fsp3) is 0.481. The van der Waals surface area contributed by atoms with Crippen LogP contribution in [0.4, 0.5) is 4.39 Å². The molecule has 0 bridgehead atoms. The number of aromatic nitrogens is 1. The van der Waals surface area contributed by atoms with Gasteiger partial charge in [-0.1, -0.05) is 25.1 Å². The molecule has 1 aromatic heterocycles. The summed E-state index contributed by atoms with van der Waals surface area (Å²) in [7, 11) is 1.77. The summed E-state index contributed by atoms with van der Waals surface area (Å²) in [6.07, 6.45) is 7.71. The summed E-state index contributed by atoms with van der Waals surface area (Å²) in [4.78, 5) is 19.4. The van der Waals surface area contributed by atoms with Gasteiger partial charge in [0.25, 0.3) is 5.91 Å². The first-order chi connectivity index (χ1) is 16.4. The van der Waals surface area contributed by atoms with Crippen molar-refractivity contribution in [3.63, 3.8) is 0 Å². The number of likely N-dealkylation sites (tertiary alicyclic amines) is 1. The lowest BCUT2D eigenvalue weighted by molar-refractivity contribution is -0.0607. The molecule has 1 amide bonds. The van der Waals surface area contributed by atoms with Crippen molar-refractivity contribution in [2.45, 2.75) is 45.6 Å². The van der Waals surface area contributed by atoms with E-state index >= 15 is 0 Å². The van der Waals surface area contributed by atoms with Crippen molar-refractivity contribution in [2.24, 2.45) is 5.92 Å². The van der Waals surface area contributed by atoms with Gasteiger partial charge in [-0.3, -0.25) is 19.9 Å². The van der Waals surface area contributed by atoms with E-state index < -0.39 is 5.91 Å². The Hall–Kier alpha value is -2.61. The van der Waals surface area contributed by atoms with Gasteiger partial charge < -0.3 is 4.74 Å². The molecule has 7 heteroatoms. The van der Waals surface area contributed by atoms with Gasteiger partial charge in [0.05, 0.1) is 12.6 Å². The number of ether oxygens (including phenoxy) is 1. The molecule has 0 saturated carbocycles. The Bertz CT molecular complexity index is 1050. The zero-order chi connectivity index (χ0) is 24.2. The third-order valence-electron chi connectivity index (χ3n) is 6.92. The Labute approximate surface area is 201 Å². The van der Waals surface area contributed by atoms with E-state index in [-0.39, 0.29) is 18.3 Å². The minimum Gasteiger partial charge on any atom is -0.381 e. The number of pyridine rings is 1. The highest BCUT2D eigenvalue weighted by atomic mass is 19.1. The van der Waals surface area contributed by atoms with E-state index in [4.69, 9.17) is 4.74 Å². The number of halogens is 1. The van der Waals surface area contributed by atoms with Crippen LogP contribution in [0.15, 0.2) is 36.5 Å². The molecule has 0 aliphatic carbocycles. The van der Waals surface area contributed by atoms with Crippen LogP contribution in [0.2, 0.25) is 0 Å². The third-order valence-corrected chi connectivity index (χ3v) is 6.92. The van der Waals surface area contributed by atoms with Crippen LogP contribution in [0.3, 0.4) is 0 Å². The minimum absolute atomic E-state index is 0.217. The average Bonchev–Trinajstić information content (AvgIpc) is 2.83. The van der Waals surface area contributed by atoms with Crippen molar-refractivity contribution < 1.29 is 19.1 Å². The highest BCUT2D eigenvalue weighted by molar-refractivity contribution is 5.95. The van der Waals surface area contributed by atoms with Crippen LogP contribution in [-0.2, 0) is 17.6 Å². The number of methoxy groups -OCH3 is 1. The zero-order valence-corrected chi connectivity index (χ0v) is 20.3. The monoisotopic (exact) mass is 467 g/mol. The number of allylic oxidation sites excluding steroid dienone is 1. The van der Waals surface area contributed by atoms with Crippen LogP contribution in [-0.4, -0.2) is 65.5 Å². The van der Waals surface area contributed by atoms with E-state index in [1.54, 1.807) is 13.3 Å². The van der Waals surface area contributed by atoms with Crippen molar-refractivity contribution in [3.05, 3.63) is 70.3 Å². The zero-order valence-electron chi connectivity index (χ0n) is 20.3. The Kier molecular flexibility index (Phi) is 7.76. The van der Waals surface area contributed by atoms with Crippen molar-refractivity contribution >= 4 is 11.5 Å². The first-order valence-corrected chi connectivity index (χ1v) is 12.1. The largest absolute Gasteiger partial charge is 0.381 e. The summed E-state index contributed by atoms with van der Waals surface area (Å²) < 4.78 is 18.9. The quantitative estimate of drug-likeness (QED) is 0.616. The summed E-state index contributed by atoms with van der Waals surface area (Å²) in [6.45, 7) is 7.16. The molecular formula is C27H34FN3O3. The van der Waals surface area contributed by atoms with E-state index in [1.807, 2.05) is 19.1 Å². The number of rotatable bonds is 7. The van der Waals surface area contributed by atoms with Gasteiger partial charge >= 0.3 is 0 Å². The lowest BCUT2D eigenvalue weighted by Gasteiger charge is -2.33. The predicted octanol–water partition coefficient (Wildman–Crippen LogP) is 4.29.